The SMILES string of the molecule is CC(=O)C(=[O+][O-])C(C)=O. The number of carbonyl (C=O) groups excluding carboxylic acids is 3. The Labute approximate surface area is 51.7 Å². The minimum atomic E-state index is -0.644. The van der Waals surface area contributed by atoms with Gasteiger partial charge < -0.3 is 5.26 Å². The lowest BCUT2D eigenvalue weighted by molar-refractivity contribution is -1.04. The minimum absolute atomic E-state index is 0.641. The van der Waals surface area contributed by atoms with Crippen molar-refractivity contribution >= 4 is 17.3 Å². The number of hydrogen-bond acceptors (Lipinski definition) is 3. The van der Waals surface area contributed by atoms with Crippen molar-refractivity contribution in [3.63, 3.8) is 0 Å². The van der Waals surface area contributed by atoms with Crippen LogP contribution in [-0.4, -0.2) is 17.3 Å². The molecule has 0 aliphatic heterocycles. The van der Waals surface area contributed by atoms with Gasteiger partial charge in [-0.2, -0.15) is 4.58 Å². The van der Waals surface area contributed by atoms with E-state index in [0.717, 1.165) is 13.8 Å². The zero-order valence-electron chi connectivity index (χ0n) is 5.13. The number of rotatable bonds is 2. The molecule has 4 heteroatoms. The highest BCUT2D eigenvalue weighted by molar-refractivity contribution is 6.63. The molecule has 9 heavy (non-hydrogen) atoms. The Kier molecular flexibility index (Phi) is 2.57. The summed E-state index contributed by atoms with van der Waals surface area (Å²) in [6.07, 6.45) is 0. The van der Waals surface area contributed by atoms with Gasteiger partial charge >= 0.3 is 5.78 Å². The fourth-order valence-corrected chi connectivity index (χ4v) is 0.365. The van der Waals surface area contributed by atoms with Crippen LogP contribution >= 0.6 is 0 Å². The lowest BCUT2D eigenvalue weighted by Crippen LogP contribution is -2.24. The quantitative estimate of drug-likeness (QED) is 0.151. The van der Waals surface area contributed by atoms with Gasteiger partial charge in [0.05, 0.1) is 0 Å². The first-order chi connectivity index (χ1) is 4.09. The molecule has 0 aromatic carbocycles. The third kappa shape index (κ3) is 2.03. The Hall–Kier alpha value is -1.19. The van der Waals surface area contributed by atoms with Gasteiger partial charge in [-0.15, -0.1) is 0 Å². The Balaban J connectivity index is 4.38. The van der Waals surface area contributed by atoms with Crippen LogP contribution in [0.25, 0.3) is 0 Å². The molecule has 0 fully saturated rings. The average Bonchev–Trinajstić information content (AvgIpc) is 1.64. The molecule has 0 radical (unpaired) electrons. The van der Waals surface area contributed by atoms with Gasteiger partial charge in [0.1, 0.15) is 0 Å². The van der Waals surface area contributed by atoms with E-state index in [9.17, 15) is 14.8 Å². The van der Waals surface area contributed by atoms with Crippen LogP contribution in [0.4, 0.5) is 0 Å². The van der Waals surface area contributed by atoms with Crippen molar-refractivity contribution in [2.75, 3.05) is 0 Å². The second-order valence-electron chi connectivity index (χ2n) is 1.52. The molecule has 0 N–H and O–H groups in total. The van der Waals surface area contributed by atoms with Crippen LogP contribution in [0.5, 0.6) is 0 Å². The third-order valence-electron chi connectivity index (χ3n) is 0.723. The highest BCUT2D eigenvalue weighted by Gasteiger charge is 2.23. The first kappa shape index (κ1) is 7.81. The first-order valence-electron chi connectivity index (χ1n) is 2.28. The summed E-state index contributed by atoms with van der Waals surface area (Å²) in [5.74, 6) is -1.93. The van der Waals surface area contributed by atoms with E-state index in [4.69, 9.17) is 0 Å². The second-order valence-corrected chi connectivity index (χ2v) is 1.52. The summed E-state index contributed by atoms with van der Waals surface area (Å²) in [4.78, 5) is 20.5. The lowest BCUT2D eigenvalue weighted by atomic mass is 10.2. The first-order valence-corrected chi connectivity index (χ1v) is 2.28. The molecule has 0 aromatic rings. The summed E-state index contributed by atoms with van der Waals surface area (Å²) in [6.45, 7) is 2.18. The minimum Gasteiger partial charge on any atom is -0.462 e. The van der Waals surface area contributed by atoms with Crippen molar-refractivity contribution in [3.8, 4) is 0 Å². The Bertz CT molecular complexity index is 152. The van der Waals surface area contributed by atoms with Crippen molar-refractivity contribution < 1.29 is 19.4 Å². The smallest absolute Gasteiger partial charge is 0.460 e. The molecule has 0 aliphatic rings. The molecule has 50 valence electrons. The van der Waals surface area contributed by atoms with Gasteiger partial charge in [0.25, 0.3) is 11.6 Å². The van der Waals surface area contributed by atoms with E-state index in [1.54, 1.807) is 0 Å². The number of carbonyl (C=O) groups is 2. The van der Waals surface area contributed by atoms with Crippen molar-refractivity contribution in [1.82, 2.24) is 0 Å². The molecule has 0 heterocycles. The van der Waals surface area contributed by atoms with Crippen LogP contribution in [0.2, 0.25) is 0 Å². The zero-order chi connectivity index (χ0) is 7.44. The van der Waals surface area contributed by atoms with E-state index in [2.05, 4.69) is 4.58 Å². The van der Waals surface area contributed by atoms with Crippen LogP contribution in [0.15, 0.2) is 0 Å². The van der Waals surface area contributed by atoms with Gasteiger partial charge in [-0.1, -0.05) is 0 Å². The van der Waals surface area contributed by atoms with E-state index in [-0.39, 0.29) is 0 Å². The van der Waals surface area contributed by atoms with E-state index >= 15 is 0 Å². The maximum atomic E-state index is 10.2. The molecule has 0 spiro atoms. The predicted molar refractivity (Wildman–Crippen MR) is 26.4 cm³/mol. The summed E-state index contributed by atoms with van der Waals surface area (Å²) < 4.78 is 3.24. The standard InChI is InChI=1S/C5H6O4/c1-3(6)5(9-8)4(2)7/h1-2H3. The van der Waals surface area contributed by atoms with E-state index in [1.165, 1.54) is 0 Å². The number of hydrogen-bond donors (Lipinski definition) is 0. The van der Waals surface area contributed by atoms with Crippen molar-refractivity contribution in [1.29, 1.82) is 0 Å². The summed E-state index contributed by atoms with van der Waals surface area (Å²) in [5.41, 5.74) is 0. The highest BCUT2D eigenvalue weighted by Crippen LogP contribution is 1.77. The normalized spacial score (nSPS) is 8.22. The highest BCUT2D eigenvalue weighted by atomic mass is 17.1. The molecule has 0 aromatic heterocycles. The van der Waals surface area contributed by atoms with Crippen molar-refractivity contribution in [2.45, 2.75) is 13.8 Å². The Morgan fingerprint density at radius 2 is 1.56 bits per heavy atom. The molecule has 0 unspecified atom stereocenters. The largest absolute Gasteiger partial charge is 0.462 e. The van der Waals surface area contributed by atoms with Gasteiger partial charge in [0, 0.05) is 13.8 Å². The van der Waals surface area contributed by atoms with E-state index in [0.29, 0.717) is 0 Å². The maximum Gasteiger partial charge on any atom is 0.460 e. The molecule has 0 amide bonds. The molecule has 0 atom stereocenters. The topological polar surface area (TPSA) is 68.5 Å². The summed E-state index contributed by atoms with van der Waals surface area (Å²) in [6, 6.07) is 0. The molecular weight excluding hydrogens is 124 g/mol. The van der Waals surface area contributed by atoms with Crippen molar-refractivity contribution in [2.24, 2.45) is 0 Å². The van der Waals surface area contributed by atoms with Crippen molar-refractivity contribution in [3.05, 3.63) is 0 Å². The van der Waals surface area contributed by atoms with Gasteiger partial charge in [-0.05, 0) is 0 Å². The predicted octanol–water partition coefficient (Wildman–Crippen LogP) is -1.46. The Morgan fingerprint density at radius 1 is 1.22 bits per heavy atom. The van der Waals surface area contributed by atoms with Crippen LogP contribution in [0.1, 0.15) is 13.8 Å². The molecule has 0 rings (SSSR count). The van der Waals surface area contributed by atoms with Crippen LogP contribution in [0.3, 0.4) is 0 Å². The third-order valence-corrected chi connectivity index (χ3v) is 0.723. The second kappa shape index (κ2) is 2.96. The lowest BCUT2D eigenvalue weighted by Gasteiger charge is -1.80. The van der Waals surface area contributed by atoms with Gasteiger partial charge in [-0.25, -0.2) is 0 Å². The maximum absolute atomic E-state index is 10.2. The van der Waals surface area contributed by atoms with Gasteiger partial charge in [0.2, 0.25) is 0 Å². The van der Waals surface area contributed by atoms with E-state index in [1.807, 2.05) is 0 Å². The molecule has 0 aliphatic carbocycles. The zero-order valence-corrected chi connectivity index (χ0v) is 5.13. The summed E-state index contributed by atoms with van der Waals surface area (Å²) in [7, 11) is 0. The van der Waals surface area contributed by atoms with Crippen LogP contribution in [0, 0.1) is 0 Å². The molecule has 0 saturated carbocycles. The summed E-state index contributed by atoms with van der Waals surface area (Å²) in [5, 5.41) is 9.53. The van der Waals surface area contributed by atoms with Crippen LogP contribution in [-0.2, 0) is 14.2 Å². The van der Waals surface area contributed by atoms with Gasteiger partial charge in [0.15, 0.2) is 0 Å². The fourth-order valence-electron chi connectivity index (χ4n) is 0.365. The Morgan fingerprint density at radius 3 is 1.56 bits per heavy atom. The summed E-state index contributed by atoms with van der Waals surface area (Å²) >= 11 is 0. The number of Topliss-reactive ketones (excluding diaryl/α,β-unsaturated/α-hetero) is 2. The molecule has 4 nitrogen and oxygen atoms in total. The van der Waals surface area contributed by atoms with E-state index < -0.39 is 17.3 Å². The molecular formula is C5H6O4. The van der Waals surface area contributed by atoms with Gasteiger partial charge in [-0.3, -0.25) is 9.59 Å². The molecule has 0 bridgehead atoms. The van der Waals surface area contributed by atoms with Crippen LogP contribution < -0.4 is 5.26 Å². The monoisotopic (exact) mass is 130 g/mol. The fraction of sp³-hybridized carbons (Fsp3) is 0.400. The molecule has 0 saturated heterocycles. The average molecular weight is 130 g/mol. The number of ketones is 3.